The van der Waals surface area contributed by atoms with E-state index < -0.39 is 34.6 Å². The molecule has 0 spiro atoms. The monoisotopic (exact) mass is 426 g/mol. The summed E-state index contributed by atoms with van der Waals surface area (Å²) < 4.78 is 0. The fourth-order valence-corrected chi connectivity index (χ4v) is 1.37. The van der Waals surface area contributed by atoms with Crippen molar-refractivity contribution in [3.63, 3.8) is 0 Å². The van der Waals surface area contributed by atoms with E-state index in [1.54, 1.807) is 0 Å². The van der Waals surface area contributed by atoms with Crippen molar-refractivity contribution in [3.05, 3.63) is 47.5 Å². The molecule has 4 N–H and O–H groups in total. The van der Waals surface area contributed by atoms with Crippen LogP contribution in [-0.4, -0.2) is 56.3 Å². The van der Waals surface area contributed by atoms with Gasteiger partial charge in [0.2, 0.25) is 0 Å². The second-order valence-corrected chi connectivity index (χ2v) is 3.97. The fourth-order valence-electron chi connectivity index (χ4n) is 1.37. The van der Waals surface area contributed by atoms with Crippen molar-refractivity contribution in [1.29, 1.82) is 0 Å². The normalized spacial score (nSPS) is 9.04. The number of benzene rings is 2. The Kier molecular flexibility index (Phi) is 7.74. The van der Waals surface area contributed by atoms with Crippen molar-refractivity contribution in [2.75, 3.05) is 0 Å². The molecule has 0 saturated heterocycles. The van der Waals surface area contributed by atoms with Crippen molar-refractivity contribution < 1.29 is 40.2 Å². The molecule has 0 aliphatic heterocycles. The summed E-state index contributed by atoms with van der Waals surface area (Å²) in [5, 5.41) is 55.8. The van der Waals surface area contributed by atoms with Gasteiger partial charge in [0, 0.05) is 0 Å². The van der Waals surface area contributed by atoms with Gasteiger partial charge in [-0.25, -0.2) is 9.59 Å². The molecule has 2 radical (unpaired) electrons. The molecule has 2 rings (SSSR count). The second kappa shape index (κ2) is 8.73. The van der Waals surface area contributed by atoms with Crippen LogP contribution in [-0.2, 0) is 0 Å². The van der Waals surface area contributed by atoms with Crippen LogP contribution in [0.2, 0.25) is 0 Å². The van der Waals surface area contributed by atoms with Crippen LogP contribution in [0.15, 0.2) is 36.4 Å². The number of rotatable bonds is 2. The third-order valence-corrected chi connectivity index (χ3v) is 2.39. The van der Waals surface area contributed by atoms with E-state index in [9.17, 15) is 19.8 Å². The predicted octanol–water partition coefficient (Wildman–Crippen LogP) is -0.0528. The van der Waals surface area contributed by atoms with Crippen LogP contribution in [0.4, 0.5) is 0 Å². The molecule has 2 aromatic rings. The van der Waals surface area contributed by atoms with Crippen LogP contribution in [0.25, 0.3) is 0 Å². The summed E-state index contributed by atoms with van der Waals surface area (Å²) in [6.45, 7) is 0. The van der Waals surface area contributed by atoms with Gasteiger partial charge >= 0.3 is 35.8 Å². The Morgan fingerprint density at radius 2 is 1.04 bits per heavy atom. The maximum Gasteiger partial charge on any atom is 2.00 e. The van der Waals surface area contributed by atoms with Crippen LogP contribution >= 0.6 is 0 Å². The number of phenolic OH excluding ortho intramolecular Hbond substituents is 2. The van der Waals surface area contributed by atoms with Crippen LogP contribution < -0.4 is 10.2 Å². The molecule has 0 unspecified atom stereocenters. The van der Waals surface area contributed by atoms with Crippen molar-refractivity contribution in [2.45, 2.75) is 0 Å². The van der Waals surface area contributed by atoms with E-state index in [0.29, 0.717) is 0 Å². The Balaban J connectivity index is 0.000000403. The predicted molar refractivity (Wildman–Crippen MR) is 74.8 cm³/mol. The molecule has 0 amide bonds. The molecule has 8 nitrogen and oxygen atoms in total. The smallest absolute Gasteiger partial charge is 0.872 e. The first kappa shape index (κ1) is 20.4. The molecule has 23 heavy (non-hydrogen) atoms. The Bertz CT molecular complexity index is 652. The number of phenols is 2. The maximum atomic E-state index is 10.7. The molecular formula is C14H10O8Sn. The van der Waals surface area contributed by atoms with E-state index in [0.717, 1.165) is 36.4 Å². The number of hydrogen-bond donors (Lipinski definition) is 4. The van der Waals surface area contributed by atoms with E-state index >= 15 is 0 Å². The second-order valence-electron chi connectivity index (χ2n) is 3.97. The molecule has 0 aromatic heterocycles. The van der Waals surface area contributed by atoms with E-state index in [1.165, 1.54) is 0 Å². The summed E-state index contributed by atoms with van der Waals surface area (Å²) in [5.74, 6) is -4.30. The molecule has 0 bridgehead atoms. The summed E-state index contributed by atoms with van der Waals surface area (Å²) in [6, 6.07) is 6.16. The van der Waals surface area contributed by atoms with Gasteiger partial charge in [-0.1, -0.05) is 23.6 Å². The maximum absolute atomic E-state index is 10.7. The number of carboxylic acid groups (broad SMARTS) is 2. The van der Waals surface area contributed by atoms with Crippen LogP contribution in [0.5, 0.6) is 23.0 Å². The standard InChI is InChI=1S/2C7H6O4.Sn/c2*8-4-1-2-6(9)5(3-4)7(10)11;/h2*1-3,8-9H,(H,10,11);/q;;+2/p-2. The number of carboxylic acids is 2. The SMILES string of the molecule is O=C(O)c1cc(O)ccc1[O-].O=C(O)c1cc(O)ccc1[O-].[Sn+2]. The fraction of sp³-hybridized carbons (Fsp3) is 0. The largest absolute Gasteiger partial charge is 2.00 e. The van der Waals surface area contributed by atoms with Gasteiger partial charge in [0.1, 0.15) is 11.5 Å². The third kappa shape index (κ3) is 5.94. The minimum atomic E-state index is -1.33. The quantitative estimate of drug-likeness (QED) is 0.487. The Morgan fingerprint density at radius 3 is 1.26 bits per heavy atom. The molecule has 0 atom stereocenters. The van der Waals surface area contributed by atoms with Crippen molar-refractivity contribution in [1.82, 2.24) is 0 Å². The minimum Gasteiger partial charge on any atom is -0.872 e. The van der Waals surface area contributed by atoms with Crippen molar-refractivity contribution in [2.24, 2.45) is 0 Å². The topological polar surface area (TPSA) is 161 Å². The number of hydrogen-bond acceptors (Lipinski definition) is 6. The van der Waals surface area contributed by atoms with Crippen molar-refractivity contribution in [3.8, 4) is 23.0 Å². The molecule has 2 aromatic carbocycles. The van der Waals surface area contributed by atoms with E-state index in [2.05, 4.69) is 0 Å². The zero-order valence-corrected chi connectivity index (χ0v) is 14.2. The number of aromatic carboxylic acids is 2. The summed E-state index contributed by atoms with van der Waals surface area (Å²) in [7, 11) is 0. The summed E-state index contributed by atoms with van der Waals surface area (Å²) in [6.07, 6.45) is 0. The van der Waals surface area contributed by atoms with E-state index in [1.807, 2.05) is 0 Å². The van der Waals surface area contributed by atoms with E-state index in [4.69, 9.17) is 20.4 Å². The molecule has 0 heterocycles. The summed E-state index contributed by atoms with van der Waals surface area (Å²) in [4.78, 5) is 20.5. The zero-order valence-electron chi connectivity index (χ0n) is 11.4. The minimum absolute atomic E-state index is 0. The van der Waals surface area contributed by atoms with Crippen molar-refractivity contribution >= 4 is 35.8 Å². The summed E-state index contributed by atoms with van der Waals surface area (Å²) >= 11 is 0. The van der Waals surface area contributed by atoms with Gasteiger partial charge in [0.15, 0.2) is 0 Å². The zero-order chi connectivity index (χ0) is 16.9. The van der Waals surface area contributed by atoms with Gasteiger partial charge < -0.3 is 30.6 Å². The first-order chi connectivity index (χ1) is 10.2. The molecule has 0 fully saturated rings. The summed E-state index contributed by atoms with van der Waals surface area (Å²) in [5.41, 5.74) is -0.824. The van der Waals surface area contributed by atoms with Crippen LogP contribution in [0, 0.1) is 0 Å². The van der Waals surface area contributed by atoms with Crippen LogP contribution in [0.1, 0.15) is 20.7 Å². The Morgan fingerprint density at radius 1 is 0.739 bits per heavy atom. The first-order valence-corrected chi connectivity index (χ1v) is 5.69. The van der Waals surface area contributed by atoms with Gasteiger partial charge in [-0.2, -0.15) is 0 Å². The van der Waals surface area contributed by atoms with Gasteiger partial charge in [0.05, 0.1) is 11.1 Å². The molecule has 0 saturated carbocycles. The third-order valence-electron chi connectivity index (χ3n) is 2.39. The van der Waals surface area contributed by atoms with Gasteiger partial charge in [-0.3, -0.25) is 0 Å². The Hall–Kier alpha value is -2.62. The molecule has 118 valence electrons. The average Bonchev–Trinajstić information content (AvgIpc) is 2.44. The number of carbonyl (C=O) groups is 2. The van der Waals surface area contributed by atoms with Gasteiger partial charge in [-0.15, -0.1) is 0 Å². The number of aromatic hydroxyl groups is 2. The van der Waals surface area contributed by atoms with Gasteiger partial charge in [-0.05, 0) is 24.3 Å². The van der Waals surface area contributed by atoms with E-state index in [-0.39, 0.29) is 35.4 Å². The molecule has 0 aliphatic rings. The van der Waals surface area contributed by atoms with Gasteiger partial charge in [0.25, 0.3) is 0 Å². The molecule has 0 aliphatic carbocycles. The van der Waals surface area contributed by atoms with Crippen LogP contribution in [0.3, 0.4) is 0 Å². The molecular weight excluding hydrogens is 415 g/mol. The average molecular weight is 425 g/mol. The Labute approximate surface area is 146 Å². The first-order valence-electron chi connectivity index (χ1n) is 5.69. The molecule has 9 heteroatoms.